The molecular weight excluding hydrogens is 596 g/mol. The van der Waals surface area contributed by atoms with E-state index in [4.69, 9.17) is 9.47 Å². The molecule has 1 unspecified atom stereocenters. The Morgan fingerprint density at radius 2 is 1.38 bits per heavy atom. The van der Waals surface area contributed by atoms with Crippen LogP contribution in [0, 0.1) is 5.92 Å². The fraction of sp³-hybridized carbons (Fsp3) is 0.351. The van der Waals surface area contributed by atoms with Gasteiger partial charge in [0.15, 0.2) is 5.78 Å². The van der Waals surface area contributed by atoms with E-state index in [1.165, 1.54) is 0 Å². The summed E-state index contributed by atoms with van der Waals surface area (Å²) in [7, 11) is 0. The molecule has 0 saturated carbocycles. The largest absolute Gasteiger partial charge is 0.445 e. The van der Waals surface area contributed by atoms with Crippen LogP contribution >= 0.6 is 0 Å². The summed E-state index contributed by atoms with van der Waals surface area (Å²) in [6.45, 7) is 5.92. The number of H-pyrrole nitrogens is 1. The van der Waals surface area contributed by atoms with E-state index in [0.29, 0.717) is 6.42 Å². The van der Waals surface area contributed by atoms with Gasteiger partial charge in [0.1, 0.15) is 24.3 Å². The van der Waals surface area contributed by atoms with Crippen LogP contribution in [0.1, 0.15) is 43.9 Å². The first-order valence-electron chi connectivity index (χ1n) is 16.0. The third kappa shape index (κ3) is 9.07. The van der Waals surface area contributed by atoms with Crippen molar-refractivity contribution in [2.45, 2.75) is 70.4 Å². The van der Waals surface area contributed by atoms with Gasteiger partial charge < -0.3 is 30.4 Å². The maximum atomic E-state index is 14.1. The fourth-order valence-corrected chi connectivity index (χ4v) is 5.56. The molecule has 1 aromatic heterocycles. The van der Waals surface area contributed by atoms with Crippen molar-refractivity contribution in [1.29, 1.82) is 0 Å². The van der Waals surface area contributed by atoms with Crippen molar-refractivity contribution in [1.82, 2.24) is 20.9 Å². The summed E-state index contributed by atoms with van der Waals surface area (Å²) in [4.78, 5) is 57.4. The number of amides is 3. The zero-order chi connectivity index (χ0) is 33.4. The van der Waals surface area contributed by atoms with Crippen LogP contribution in [0.2, 0.25) is 0 Å². The zero-order valence-electron chi connectivity index (χ0n) is 27.0. The quantitative estimate of drug-likeness (QED) is 0.140. The number of epoxide rings is 1. The molecule has 3 amide bonds. The lowest BCUT2D eigenvalue weighted by molar-refractivity contribution is -0.133. The highest BCUT2D eigenvalue weighted by atomic mass is 16.6. The predicted octanol–water partition coefficient (Wildman–Crippen LogP) is 4.62. The Labute approximate surface area is 274 Å². The van der Waals surface area contributed by atoms with Crippen molar-refractivity contribution in [3.63, 3.8) is 0 Å². The van der Waals surface area contributed by atoms with Gasteiger partial charge in [-0.15, -0.1) is 0 Å². The highest BCUT2D eigenvalue weighted by Crippen LogP contribution is 2.29. The van der Waals surface area contributed by atoms with Crippen LogP contribution in [-0.2, 0) is 43.3 Å². The summed E-state index contributed by atoms with van der Waals surface area (Å²) >= 11 is 0. The lowest BCUT2D eigenvalue weighted by atomic mass is 9.94. The van der Waals surface area contributed by atoms with Gasteiger partial charge in [0.25, 0.3) is 0 Å². The van der Waals surface area contributed by atoms with Crippen molar-refractivity contribution in [2.24, 2.45) is 5.92 Å². The second kappa shape index (κ2) is 15.1. The standard InChI is InChI=1S/C37H42N4O6/c1-24(2)18-31(41-36(45)46-22-26-14-8-5-9-15-26)34(43)40-32(20-27-21-38-29-17-11-10-16-28(27)29)35(44)39-30(33(42)37(3)23-47-37)19-25-12-6-4-7-13-25/h4-17,21,24,30-32,38H,18-20,22-23H2,1-3H3,(H,39,44)(H,40,43)(H,41,45)/t30-,31?,32-,37+/m0/s1. The van der Waals surface area contributed by atoms with E-state index in [1.54, 1.807) is 6.92 Å². The molecule has 2 heterocycles. The van der Waals surface area contributed by atoms with Crippen LogP contribution in [0.4, 0.5) is 4.79 Å². The van der Waals surface area contributed by atoms with Crippen LogP contribution < -0.4 is 16.0 Å². The van der Waals surface area contributed by atoms with Crippen LogP contribution in [0.15, 0.2) is 91.1 Å². The Hall–Kier alpha value is -4.96. The first kappa shape index (κ1) is 33.4. The molecule has 1 fully saturated rings. The summed E-state index contributed by atoms with van der Waals surface area (Å²) in [6.07, 6.45) is 1.81. The smallest absolute Gasteiger partial charge is 0.408 e. The zero-order valence-corrected chi connectivity index (χ0v) is 27.0. The van der Waals surface area contributed by atoms with Gasteiger partial charge in [0, 0.05) is 23.5 Å². The lowest BCUT2D eigenvalue weighted by Crippen LogP contribution is -2.57. The Morgan fingerprint density at radius 1 is 0.787 bits per heavy atom. The van der Waals surface area contributed by atoms with Gasteiger partial charge in [0.05, 0.1) is 12.6 Å². The highest BCUT2D eigenvalue weighted by molar-refractivity contribution is 5.99. The van der Waals surface area contributed by atoms with Gasteiger partial charge in [0.2, 0.25) is 11.8 Å². The number of Topliss-reactive ketones (excluding diaryl/α,β-unsaturated/α-hetero) is 1. The van der Waals surface area contributed by atoms with Crippen molar-refractivity contribution in [3.8, 4) is 0 Å². The average Bonchev–Trinajstić information content (AvgIpc) is 3.70. The topological polar surface area (TPSA) is 142 Å². The molecule has 4 N–H and O–H groups in total. The van der Waals surface area contributed by atoms with Crippen molar-refractivity contribution in [2.75, 3.05) is 6.61 Å². The molecule has 4 atom stereocenters. The van der Waals surface area contributed by atoms with E-state index in [1.807, 2.05) is 105 Å². The monoisotopic (exact) mass is 638 g/mol. The molecular formula is C37H42N4O6. The number of fused-ring (bicyclic) bond motifs is 1. The predicted molar refractivity (Wildman–Crippen MR) is 178 cm³/mol. The molecule has 47 heavy (non-hydrogen) atoms. The third-order valence-electron chi connectivity index (χ3n) is 8.27. The SMILES string of the molecule is CC(C)CC(NC(=O)OCc1ccccc1)C(=O)N[C@@H](Cc1c[nH]c2ccccc12)C(=O)N[C@@H](Cc1ccccc1)C(=O)[C@@]1(C)CO1. The number of alkyl carbamates (subject to hydrolysis) is 1. The minimum atomic E-state index is -1.06. The maximum absolute atomic E-state index is 14.1. The summed E-state index contributed by atoms with van der Waals surface area (Å²) < 4.78 is 10.8. The van der Waals surface area contributed by atoms with Gasteiger partial charge in [-0.05, 0) is 48.4 Å². The molecule has 246 valence electrons. The molecule has 0 radical (unpaired) electrons. The molecule has 1 aliphatic heterocycles. The Balaban J connectivity index is 1.36. The number of carbonyl (C=O) groups is 4. The number of para-hydroxylation sites is 1. The number of hydrogen-bond acceptors (Lipinski definition) is 6. The molecule has 0 spiro atoms. The van der Waals surface area contributed by atoms with Crippen LogP contribution in [0.5, 0.6) is 0 Å². The normalized spacial score (nSPS) is 17.4. The van der Waals surface area contributed by atoms with Gasteiger partial charge in [-0.3, -0.25) is 14.4 Å². The molecule has 1 aliphatic rings. The number of ketones is 1. The maximum Gasteiger partial charge on any atom is 0.408 e. The molecule has 1 saturated heterocycles. The van der Waals surface area contributed by atoms with Crippen LogP contribution in [-0.4, -0.2) is 59.0 Å². The molecule has 0 aliphatic carbocycles. The fourth-order valence-electron chi connectivity index (χ4n) is 5.56. The number of nitrogens with one attached hydrogen (secondary N) is 4. The van der Waals surface area contributed by atoms with Gasteiger partial charge in [-0.25, -0.2) is 4.79 Å². The number of benzene rings is 3. The van der Waals surface area contributed by atoms with E-state index < -0.39 is 41.6 Å². The minimum absolute atomic E-state index is 0.0493. The first-order chi connectivity index (χ1) is 22.6. The molecule has 10 nitrogen and oxygen atoms in total. The Morgan fingerprint density at radius 3 is 2.04 bits per heavy atom. The second-order valence-corrected chi connectivity index (χ2v) is 12.6. The number of carbonyl (C=O) groups excluding carboxylic acids is 4. The van der Waals surface area contributed by atoms with Crippen LogP contribution in [0.25, 0.3) is 10.9 Å². The number of aromatic amines is 1. The number of ether oxygens (including phenoxy) is 2. The second-order valence-electron chi connectivity index (χ2n) is 12.6. The summed E-state index contributed by atoms with van der Waals surface area (Å²) in [6, 6.07) is 23.5. The van der Waals surface area contributed by atoms with Crippen molar-refractivity contribution in [3.05, 3.63) is 108 Å². The average molecular weight is 639 g/mol. The van der Waals surface area contributed by atoms with Crippen molar-refractivity contribution < 1.29 is 28.7 Å². The first-order valence-corrected chi connectivity index (χ1v) is 16.0. The molecule has 5 rings (SSSR count). The number of hydrogen-bond donors (Lipinski definition) is 4. The van der Waals surface area contributed by atoms with Crippen molar-refractivity contribution >= 4 is 34.6 Å². The molecule has 10 heteroatoms. The van der Waals surface area contributed by atoms with E-state index in [9.17, 15) is 19.2 Å². The third-order valence-corrected chi connectivity index (χ3v) is 8.27. The van der Waals surface area contributed by atoms with Gasteiger partial charge in [-0.2, -0.15) is 0 Å². The Bertz CT molecular complexity index is 1680. The number of rotatable bonds is 15. The lowest BCUT2D eigenvalue weighted by Gasteiger charge is -2.26. The van der Waals surface area contributed by atoms with Gasteiger partial charge >= 0.3 is 6.09 Å². The summed E-state index contributed by atoms with van der Waals surface area (Å²) in [5, 5.41) is 9.42. The Kier molecular flexibility index (Phi) is 10.7. The van der Waals surface area contributed by atoms with E-state index in [0.717, 1.165) is 27.6 Å². The highest BCUT2D eigenvalue weighted by Gasteiger charge is 2.50. The summed E-state index contributed by atoms with van der Waals surface area (Å²) in [5.41, 5.74) is 2.44. The minimum Gasteiger partial charge on any atom is -0.445 e. The van der Waals surface area contributed by atoms with E-state index in [2.05, 4.69) is 20.9 Å². The number of aromatic nitrogens is 1. The van der Waals surface area contributed by atoms with E-state index in [-0.39, 0.29) is 37.8 Å². The molecule has 3 aromatic carbocycles. The van der Waals surface area contributed by atoms with E-state index >= 15 is 0 Å². The molecule has 0 bridgehead atoms. The van der Waals surface area contributed by atoms with Crippen LogP contribution in [0.3, 0.4) is 0 Å². The molecule has 4 aromatic rings. The summed E-state index contributed by atoms with van der Waals surface area (Å²) in [5.74, 6) is -1.23. The van der Waals surface area contributed by atoms with Gasteiger partial charge in [-0.1, -0.05) is 92.7 Å².